The van der Waals surface area contributed by atoms with Crippen LogP contribution in [0.25, 0.3) is 6.08 Å². The average Bonchev–Trinajstić information content (AvgIpc) is 2.52. The van der Waals surface area contributed by atoms with Gasteiger partial charge in [-0.05, 0) is 35.9 Å². The van der Waals surface area contributed by atoms with Crippen LogP contribution in [0.3, 0.4) is 0 Å². The van der Waals surface area contributed by atoms with E-state index in [4.69, 9.17) is 4.74 Å². The highest BCUT2D eigenvalue weighted by atomic mass is 79.9. The maximum absolute atomic E-state index is 12.1. The molecule has 2 aromatic carbocycles. The Kier molecular flexibility index (Phi) is 5.49. The van der Waals surface area contributed by atoms with Gasteiger partial charge in [0.05, 0.1) is 5.97 Å². The summed E-state index contributed by atoms with van der Waals surface area (Å²) in [6.45, 7) is -0.551. The van der Waals surface area contributed by atoms with Crippen LogP contribution in [-0.4, -0.2) is 18.4 Å². The van der Waals surface area contributed by atoms with Crippen LogP contribution in [0, 0.1) is 0 Å². The predicted octanol–water partition coefficient (Wildman–Crippen LogP) is 2.47. The minimum Gasteiger partial charge on any atom is -0.546 e. The molecular formula is C17H12BrO4-. The molecule has 0 spiro atoms. The van der Waals surface area contributed by atoms with Gasteiger partial charge in [-0.3, -0.25) is 4.79 Å². The number of halogens is 1. The Morgan fingerprint density at radius 3 is 2.64 bits per heavy atom. The van der Waals surface area contributed by atoms with Gasteiger partial charge in [-0.25, -0.2) is 0 Å². The van der Waals surface area contributed by atoms with Gasteiger partial charge in [0.1, 0.15) is 12.4 Å². The maximum atomic E-state index is 12.1. The molecule has 0 saturated carbocycles. The van der Waals surface area contributed by atoms with Gasteiger partial charge >= 0.3 is 0 Å². The number of aliphatic carboxylic acids is 1. The number of ketones is 1. The number of allylic oxidation sites excluding steroid dienone is 1. The first-order valence-corrected chi connectivity index (χ1v) is 7.25. The first-order valence-electron chi connectivity index (χ1n) is 6.46. The molecule has 112 valence electrons. The molecule has 0 unspecified atom stereocenters. The number of carbonyl (C=O) groups excluding carboxylic acids is 2. The minimum absolute atomic E-state index is 0.199. The molecule has 0 radical (unpaired) electrons. The molecule has 0 N–H and O–H groups in total. The van der Waals surface area contributed by atoms with Crippen LogP contribution >= 0.6 is 15.9 Å². The van der Waals surface area contributed by atoms with E-state index in [0.717, 1.165) is 10.0 Å². The first-order chi connectivity index (χ1) is 10.6. The number of ether oxygens (including phenoxy) is 1. The highest BCUT2D eigenvalue weighted by Crippen LogP contribution is 2.18. The van der Waals surface area contributed by atoms with Crippen LogP contribution < -0.4 is 9.84 Å². The van der Waals surface area contributed by atoms with Crippen molar-refractivity contribution in [2.75, 3.05) is 6.61 Å². The molecule has 2 rings (SSSR count). The fourth-order valence-corrected chi connectivity index (χ4v) is 2.17. The van der Waals surface area contributed by atoms with Crippen LogP contribution in [0.4, 0.5) is 0 Å². The van der Waals surface area contributed by atoms with E-state index in [1.165, 1.54) is 12.1 Å². The number of carbonyl (C=O) groups is 2. The van der Waals surface area contributed by atoms with Gasteiger partial charge in [0.25, 0.3) is 0 Å². The average molecular weight is 360 g/mol. The van der Waals surface area contributed by atoms with E-state index >= 15 is 0 Å². The third-order valence-electron chi connectivity index (χ3n) is 2.79. The van der Waals surface area contributed by atoms with Crippen molar-refractivity contribution >= 4 is 33.8 Å². The van der Waals surface area contributed by atoms with E-state index in [9.17, 15) is 14.7 Å². The van der Waals surface area contributed by atoms with Crippen molar-refractivity contribution in [1.29, 1.82) is 0 Å². The SMILES string of the molecule is O=C([O-])COc1cccc(C(=O)/C=C/c2ccccc2Br)c1. The molecule has 0 aliphatic heterocycles. The predicted molar refractivity (Wildman–Crippen MR) is 84.5 cm³/mol. The summed E-state index contributed by atoms with van der Waals surface area (Å²) in [4.78, 5) is 22.5. The zero-order valence-corrected chi connectivity index (χ0v) is 13.1. The largest absolute Gasteiger partial charge is 0.546 e. The van der Waals surface area contributed by atoms with Crippen molar-refractivity contribution < 1.29 is 19.4 Å². The van der Waals surface area contributed by atoms with E-state index in [2.05, 4.69) is 15.9 Å². The summed E-state index contributed by atoms with van der Waals surface area (Å²) in [6.07, 6.45) is 3.17. The first kappa shape index (κ1) is 16.0. The monoisotopic (exact) mass is 359 g/mol. The lowest BCUT2D eigenvalue weighted by molar-refractivity contribution is -0.307. The van der Waals surface area contributed by atoms with Gasteiger partial charge in [-0.15, -0.1) is 0 Å². The molecule has 0 aromatic heterocycles. The molecule has 0 amide bonds. The Morgan fingerprint density at radius 1 is 1.14 bits per heavy atom. The molecular weight excluding hydrogens is 348 g/mol. The summed E-state index contributed by atoms with van der Waals surface area (Å²) in [5.74, 6) is -1.20. The van der Waals surface area contributed by atoms with Crippen molar-refractivity contribution in [3.05, 3.63) is 70.2 Å². The minimum atomic E-state index is -1.31. The molecule has 0 saturated heterocycles. The Bertz CT molecular complexity index is 722. The van der Waals surface area contributed by atoms with Gasteiger partial charge in [0.2, 0.25) is 0 Å². The molecule has 0 aliphatic carbocycles. The Labute approximate surface area is 136 Å². The van der Waals surface area contributed by atoms with Crippen LogP contribution in [0.5, 0.6) is 5.75 Å². The molecule has 0 atom stereocenters. The zero-order valence-electron chi connectivity index (χ0n) is 11.5. The third kappa shape index (κ3) is 4.56. The Morgan fingerprint density at radius 2 is 1.91 bits per heavy atom. The van der Waals surface area contributed by atoms with Gasteiger partial charge in [0, 0.05) is 10.0 Å². The molecule has 0 bridgehead atoms. The normalized spacial score (nSPS) is 10.6. The number of carboxylic acids is 1. The van der Waals surface area contributed by atoms with Gasteiger partial charge in [-0.2, -0.15) is 0 Å². The molecule has 0 heterocycles. The fraction of sp³-hybridized carbons (Fsp3) is 0.0588. The summed E-state index contributed by atoms with van der Waals surface area (Å²) >= 11 is 3.40. The van der Waals surface area contributed by atoms with Gasteiger partial charge in [-0.1, -0.05) is 46.3 Å². The van der Waals surface area contributed by atoms with E-state index in [0.29, 0.717) is 11.3 Å². The molecule has 4 nitrogen and oxygen atoms in total. The lowest BCUT2D eigenvalue weighted by Gasteiger charge is -2.07. The Balaban J connectivity index is 2.11. The molecule has 5 heteroatoms. The number of benzene rings is 2. The van der Waals surface area contributed by atoms with Crippen LogP contribution in [0.2, 0.25) is 0 Å². The molecule has 2 aromatic rings. The summed E-state index contributed by atoms with van der Waals surface area (Å²) in [7, 11) is 0. The second kappa shape index (κ2) is 7.56. The Hall–Kier alpha value is -2.40. The number of hydrogen-bond donors (Lipinski definition) is 0. The lowest BCUT2D eigenvalue weighted by atomic mass is 10.1. The number of carboxylic acid groups (broad SMARTS) is 1. The lowest BCUT2D eigenvalue weighted by Crippen LogP contribution is -2.28. The van der Waals surface area contributed by atoms with Crippen molar-refractivity contribution in [2.24, 2.45) is 0 Å². The highest BCUT2D eigenvalue weighted by Gasteiger charge is 2.04. The van der Waals surface area contributed by atoms with E-state index in [-0.39, 0.29) is 5.78 Å². The summed E-state index contributed by atoms with van der Waals surface area (Å²) in [5.41, 5.74) is 1.30. The third-order valence-corrected chi connectivity index (χ3v) is 3.52. The standard InChI is InChI=1S/C17H13BrO4/c18-15-7-2-1-4-12(15)8-9-16(19)13-5-3-6-14(10-13)22-11-17(20)21/h1-10H,11H2,(H,20,21)/p-1/b9-8+. The van der Waals surface area contributed by atoms with Crippen molar-refractivity contribution in [3.8, 4) is 5.75 Å². The maximum Gasteiger partial charge on any atom is 0.185 e. The van der Waals surface area contributed by atoms with Gasteiger partial charge < -0.3 is 14.6 Å². The van der Waals surface area contributed by atoms with Crippen LogP contribution in [0.1, 0.15) is 15.9 Å². The topological polar surface area (TPSA) is 66.4 Å². The smallest absolute Gasteiger partial charge is 0.185 e. The summed E-state index contributed by atoms with van der Waals surface area (Å²) < 4.78 is 5.89. The molecule has 0 fully saturated rings. The van der Waals surface area contributed by atoms with Crippen LogP contribution in [-0.2, 0) is 4.79 Å². The van der Waals surface area contributed by atoms with E-state index < -0.39 is 12.6 Å². The van der Waals surface area contributed by atoms with E-state index in [1.54, 1.807) is 24.3 Å². The second-order valence-corrected chi connectivity index (χ2v) is 5.26. The second-order valence-electron chi connectivity index (χ2n) is 4.41. The van der Waals surface area contributed by atoms with Crippen molar-refractivity contribution in [2.45, 2.75) is 0 Å². The zero-order chi connectivity index (χ0) is 15.9. The molecule has 0 aliphatic rings. The van der Waals surface area contributed by atoms with Crippen LogP contribution in [0.15, 0.2) is 59.1 Å². The van der Waals surface area contributed by atoms with E-state index in [1.807, 2.05) is 24.3 Å². The summed E-state index contributed by atoms with van der Waals surface area (Å²) in [5, 5.41) is 10.4. The quantitative estimate of drug-likeness (QED) is 0.586. The van der Waals surface area contributed by atoms with Crippen molar-refractivity contribution in [1.82, 2.24) is 0 Å². The summed E-state index contributed by atoms with van der Waals surface area (Å²) in [6, 6.07) is 13.9. The fourth-order valence-electron chi connectivity index (χ4n) is 1.75. The van der Waals surface area contributed by atoms with Crippen molar-refractivity contribution in [3.63, 3.8) is 0 Å². The highest BCUT2D eigenvalue weighted by molar-refractivity contribution is 9.10. The molecule has 22 heavy (non-hydrogen) atoms. The van der Waals surface area contributed by atoms with Gasteiger partial charge in [0.15, 0.2) is 5.78 Å². The number of hydrogen-bond acceptors (Lipinski definition) is 4. The number of rotatable bonds is 6.